The van der Waals surface area contributed by atoms with E-state index in [2.05, 4.69) is 5.32 Å². The molecule has 3 unspecified atom stereocenters. The van der Waals surface area contributed by atoms with E-state index in [4.69, 9.17) is 5.11 Å². The first-order valence-corrected chi connectivity index (χ1v) is 5.06. The molecule has 0 aromatic rings. The molecule has 1 rings (SSSR count). The molecule has 1 aliphatic carbocycles. The number of aliphatic carboxylic acids is 1. The number of amides is 1. The molecule has 0 aromatic carbocycles. The third-order valence-corrected chi connectivity index (χ3v) is 2.81. The molecular weight excluding hydrogens is 182 g/mol. The van der Waals surface area contributed by atoms with Crippen molar-refractivity contribution in [2.75, 3.05) is 6.54 Å². The van der Waals surface area contributed by atoms with Gasteiger partial charge in [-0.25, -0.2) is 0 Å². The van der Waals surface area contributed by atoms with Crippen molar-refractivity contribution < 1.29 is 14.7 Å². The molecule has 1 fully saturated rings. The number of rotatable bonds is 5. The predicted octanol–water partition coefficient (Wildman–Crippen LogP) is 0.869. The maximum absolute atomic E-state index is 11.4. The first-order chi connectivity index (χ1) is 6.56. The highest BCUT2D eigenvalue weighted by Crippen LogP contribution is 2.37. The Labute approximate surface area is 83.7 Å². The Morgan fingerprint density at radius 3 is 2.50 bits per heavy atom. The van der Waals surface area contributed by atoms with E-state index < -0.39 is 11.9 Å². The Balaban J connectivity index is 2.25. The van der Waals surface area contributed by atoms with Gasteiger partial charge in [-0.1, -0.05) is 13.8 Å². The van der Waals surface area contributed by atoms with Crippen LogP contribution in [-0.2, 0) is 9.59 Å². The molecule has 0 aromatic heterocycles. The smallest absolute Gasteiger partial charge is 0.308 e. The van der Waals surface area contributed by atoms with Gasteiger partial charge in [0, 0.05) is 12.5 Å². The van der Waals surface area contributed by atoms with Crippen LogP contribution in [0.15, 0.2) is 0 Å². The molecule has 0 radical (unpaired) electrons. The van der Waals surface area contributed by atoms with Crippen LogP contribution in [-0.4, -0.2) is 23.5 Å². The van der Waals surface area contributed by atoms with Crippen molar-refractivity contribution in [3.8, 4) is 0 Å². The zero-order valence-electron chi connectivity index (χ0n) is 8.62. The monoisotopic (exact) mass is 199 g/mol. The van der Waals surface area contributed by atoms with E-state index >= 15 is 0 Å². The van der Waals surface area contributed by atoms with Gasteiger partial charge in [-0.05, 0) is 18.8 Å². The average molecular weight is 199 g/mol. The van der Waals surface area contributed by atoms with Crippen molar-refractivity contribution in [3.63, 3.8) is 0 Å². The lowest BCUT2D eigenvalue weighted by atomic mass is 10.1. The van der Waals surface area contributed by atoms with Crippen molar-refractivity contribution >= 4 is 11.9 Å². The minimum Gasteiger partial charge on any atom is -0.481 e. The quantitative estimate of drug-likeness (QED) is 0.690. The van der Waals surface area contributed by atoms with Crippen LogP contribution in [0.5, 0.6) is 0 Å². The standard InChI is InChI=1S/C10H17NO3/c1-3-7(10(13)14)5-11-9(12)8-4-6(8)2/h6-8H,3-5H2,1-2H3,(H,11,12)(H,13,14). The van der Waals surface area contributed by atoms with Crippen molar-refractivity contribution in [2.45, 2.75) is 26.7 Å². The van der Waals surface area contributed by atoms with E-state index in [1.165, 1.54) is 0 Å². The van der Waals surface area contributed by atoms with Crippen LogP contribution in [0.4, 0.5) is 0 Å². The van der Waals surface area contributed by atoms with Crippen LogP contribution in [0.1, 0.15) is 26.7 Å². The molecule has 0 heterocycles. The van der Waals surface area contributed by atoms with Crippen molar-refractivity contribution in [1.82, 2.24) is 5.32 Å². The Morgan fingerprint density at radius 1 is 1.57 bits per heavy atom. The lowest BCUT2D eigenvalue weighted by Crippen LogP contribution is -2.33. The summed E-state index contributed by atoms with van der Waals surface area (Å²) in [5.41, 5.74) is 0. The first kappa shape index (κ1) is 11.0. The maximum atomic E-state index is 11.4. The van der Waals surface area contributed by atoms with E-state index in [0.717, 1.165) is 6.42 Å². The zero-order chi connectivity index (χ0) is 10.7. The summed E-state index contributed by atoms with van der Waals surface area (Å²) in [4.78, 5) is 22.0. The van der Waals surface area contributed by atoms with E-state index in [-0.39, 0.29) is 18.4 Å². The summed E-state index contributed by atoms with van der Waals surface area (Å²) < 4.78 is 0. The minimum atomic E-state index is -0.836. The highest BCUT2D eigenvalue weighted by molar-refractivity contribution is 5.82. The van der Waals surface area contributed by atoms with Gasteiger partial charge in [0.1, 0.15) is 0 Å². The Morgan fingerprint density at radius 2 is 2.14 bits per heavy atom. The zero-order valence-corrected chi connectivity index (χ0v) is 8.62. The summed E-state index contributed by atoms with van der Waals surface area (Å²) in [6.07, 6.45) is 1.49. The summed E-state index contributed by atoms with van der Waals surface area (Å²) in [6, 6.07) is 0. The van der Waals surface area contributed by atoms with Crippen LogP contribution >= 0.6 is 0 Å². The van der Waals surface area contributed by atoms with Gasteiger partial charge in [-0.2, -0.15) is 0 Å². The van der Waals surface area contributed by atoms with Gasteiger partial charge >= 0.3 is 5.97 Å². The second-order valence-corrected chi connectivity index (χ2v) is 4.01. The highest BCUT2D eigenvalue weighted by atomic mass is 16.4. The fraction of sp³-hybridized carbons (Fsp3) is 0.800. The van der Waals surface area contributed by atoms with E-state index in [9.17, 15) is 9.59 Å². The minimum absolute atomic E-state index is 0.0113. The van der Waals surface area contributed by atoms with Gasteiger partial charge < -0.3 is 10.4 Å². The van der Waals surface area contributed by atoms with E-state index in [1.54, 1.807) is 0 Å². The third kappa shape index (κ3) is 2.72. The van der Waals surface area contributed by atoms with Gasteiger partial charge in [0.15, 0.2) is 0 Å². The molecule has 1 amide bonds. The SMILES string of the molecule is CCC(CNC(=O)C1CC1C)C(=O)O. The van der Waals surface area contributed by atoms with Crippen LogP contribution in [0, 0.1) is 17.8 Å². The first-order valence-electron chi connectivity index (χ1n) is 5.06. The number of carboxylic acids is 1. The Bertz CT molecular complexity index is 240. The number of hydrogen-bond donors (Lipinski definition) is 2. The molecule has 1 aliphatic rings. The fourth-order valence-electron chi connectivity index (χ4n) is 1.45. The number of carbonyl (C=O) groups excluding carboxylic acids is 1. The van der Waals surface area contributed by atoms with Crippen LogP contribution in [0.25, 0.3) is 0 Å². The van der Waals surface area contributed by atoms with Gasteiger partial charge in [0.25, 0.3) is 0 Å². The van der Waals surface area contributed by atoms with Gasteiger partial charge in [0.05, 0.1) is 5.92 Å². The van der Waals surface area contributed by atoms with Crippen molar-refractivity contribution in [3.05, 3.63) is 0 Å². The van der Waals surface area contributed by atoms with E-state index in [0.29, 0.717) is 12.3 Å². The molecule has 14 heavy (non-hydrogen) atoms. The maximum Gasteiger partial charge on any atom is 0.308 e. The number of carboxylic acid groups (broad SMARTS) is 1. The molecule has 4 nitrogen and oxygen atoms in total. The molecule has 1 saturated carbocycles. The van der Waals surface area contributed by atoms with Crippen molar-refractivity contribution in [1.29, 1.82) is 0 Å². The second-order valence-electron chi connectivity index (χ2n) is 4.01. The predicted molar refractivity (Wildman–Crippen MR) is 51.7 cm³/mol. The summed E-state index contributed by atoms with van der Waals surface area (Å²) >= 11 is 0. The summed E-state index contributed by atoms with van der Waals surface area (Å²) in [5, 5.41) is 11.4. The number of nitrogens with one attached hydrogen (secondary N) is 1. The summed E-state index contributed by atoms with van der Waals surface area (Å²) in [7, 11) is 0. The largest absolute Gasteiger partial charge is 0.481 e. The van der Waals surface area contributed by atoms with Crippen molar-refractivity contribution in [2.24, 2.45) is 17.8 Å². The Hall–Kier alpha value is -1.06. The third-order valence-electron chi connectivity index (χ3n) is 2.81. The molecule has 80 valence electrons. The molecule has 0 saturated heterocycles. The normalized spacial score (nSPS) is 26.7. The molecule has 3 atom stereocenters. The molecule has 2 N–H and O–H groups in total. The fourth-order valence-corrected chi connectivity index (χ4v) is 1.45. The second kappa shape index (κ2) is 4.44. The summed E-state index contributed by atoms with van der Waals surface area (Å²) in [5.74, 6) is -0.678. The topological polar surface area (TPSA) is 66.4 Å². The van der Waals surface area contributed by atoms with Crippen LogP contribution in [0.3, 0.4) is 0 Å². The molecule has 0 aliphatic heterocycles. The lowest BCUT2D eigenvalue weighted by Gasteiger charge is -2.10. The highest BCUT2D eigenvalue weighted by Gasteiger charge is 2.39. The van der Waals surface area contributed by atoms with Gasteiger partial charge in [-0.3, -0.25) is 9.59 Å². The number of carbonyl (C=O) groups is 2. The Kier molecular flexibility index (Phi) is 3.49. The molecule has 0 spiro atoms. The van der Waals surface area contributed by atoms with E-state index in [1.807, 2.05) is 13.8 Å². The number of hydrogen-bond acceptors (Lipinski definition) is 2. The molecular formula is C10H17NO3. The average Bonchev–Trinajstić information content (AvgIpc) is 2.83. The lowest BCUT2D eigenvalue weighted by molar-refractivity contribution is -0.141. The van der Waals surface area contributed by atoms with Crippen LogP contribution < -0.4 is 5.32 Å². The van der Waals surface area contributed by atoms with Gasteiger partial charge in [0.2, 0.25) is 5.91 Å². The molecule has 0 bridgehead atoms. The van der Waals surface area contributed by atoms with Crippen LogP contribution in [0.2, 0.25) is 0 Å². The van der Waals surface area contributed by atoms with Gasteiger partial charge in [-0.15, -0.1) is 0 Å². The summed E-state index contributed by atoms with van der Waals surface area (Å²) in [6.45, 7) is 4.09. The molecule has 4 heteroatoms.